The first-order chi connectivity index (χ1) is 8.70. The van der Waals surface area contributed by atoms with Crippen molar-refractivity contribution < 1.29 is 0 Å². The standard InChI is InChI=1S/C16H26N2/c1-13-5-3-4-6-16(13)18(2)12-15-9-7-14(11-17)8-10-15/h3-6,14-15H,7-12,17H2,1-2H3. The van der Waals surface area contributed by atoms with Gasteiger partial charge in [-0.25, -0.2) is 0 Å². The normalized spacial score (nSPS) is 23.9. The van der Waals surface area contributed by atoms with Crippen molar-refractivity contribution in [1.82, 2.24) is 0 Å². The molecule has 0 spiro atoms. The third-order valence-corrected chi connectivity index (χ3v) is 4.36. The van der Waals surface area contributed by atoms with Gasteiger partial charge in [-0.2, -0.15) is 0 Å². The van der Waals surface area contributed by atoms with Crippen LogP contribution in [-0.2, 0) is 0 Å². The summed E-state index contributed by atoms with van der Waals surface area (Å²) in [5.41, 5.74) is 8.49. The maximum Gasteiger partial charge on any atom is 0.0393 e. The van der Waals surface area contributed by atoms with Crippen LogP contribution in [0.3, 0.4) is 0 Å². The fraction of sp³-hybridized carbons (Fsp3) is 0.625. The molecule has 0 amide bonds. The van der Waals surface area contributed by atoms with E-state index in [1.54, 1.807) is 0 Å². The maximum absolute atomic E-state index is 5.75. The third-order valence-electron chi connectivity index (χ3n) is 4.36. The molecular formula is C16H26N2. The van der Waals surface area contributed by atoms with Crippen LogP contribution in [0, 0.1) is 18.8 Å². The minimum atomic E-state index is 0.782. The van der Waals surface area contributed by atoms with Crippen molar-refractivity contribution in [3.63, 3.8) is 0 Å². The predicted octanol–water partition coefficient (Wildman–Crippen LogP) is 3.20. The fourth-order valence-electron chi connectivity index (χ4n) is 3.13. The molecule has 1 aliphatic carbocycles. The van der Waals surface area contributed by atoms with Crippen molar-refractivity contribution >= 4 is 5.69 Å². The zero-order chi connectivity index (χ0) is 13.0. The van der Waals surface area contributed by atoms with Crippen molar-refractivity contribution in [3.05, 3.63) is 29.8 Å². The number of anilines is 1. The lowest BCUT2D eigenvalue weighted by Gasteiger charge is -2.32. The van der Waals surface area contributed by atoms with Crippen LogP contribution < -0.4 is 10.6 Å². The lowest BCUT2D eigenvalue weighted by molar-refractivity contribution is 0.283. The Hall–Kier alpha value is -1.02. The summed E-state index contributed by atoms with van der Waals surface area (Å²) in [6.45, 7) is 4.25. The lowest BCUT2D eigenvalue weighted by atomic mass is 9.82. The Morgan fingerprint density at radius 1 is 1.11 bits per heavy atom. The van der Waals surface area contributed by atoms with E-state index in [0.29, 0.717) is 0 Å². The van der Waals surface area contributed by atoms with Crippen LogP contribution in [0.5, 0.6) is 0 Å². The molecule has 0 aromatic heterocycles. The molecule has 1 aromatic carbocycles. The van der Waals surface area contributed by atoms with Gasteiger partial charge in [0, 0.05) is 19.3 Å². The van der Waals surface area contributed by atoms with E-state index in [1.807, 2.05) is 0 Å². The number of rotatable bonds is 4. The van der Waals surface area contributed by atoms with Crippen LogP contribution in [-0.4, -0.2) is 20.1 Å². The summed E-state index contributed by atoms with van der Waals surface area (Å²) in [5, 5.41) is 0. The molecule has 0 saturated heterocycles. The van der Waals surface area contributed by atoms with E-state index in [9.17, 15) is 0 Å². The number of nitrogens with zero attached hydrogens (tertiary/aromatic N) is 1. The van der Waals surface area contributed by atoms with Gasteiger partial charge in [-0.15, -0.1) is 0 Å². The zero-order valence-electron chi connectivity index (χ0n) is 11.7. The largest absolute Gasteiger partial charge is 0.374 e. The van der Waals surface area contributed by atoms with Gasteiger partial charge in [-0.3, -0.25) is 0 Å². The summed E-state index contributed by atoms with van der Waals surface area (Å²) >= 11 is 0. The number of aryl methyl sites for hydroxylation is 1. The summed E-state index contributed by atoms with van der Waals surface area (Å²) in [6, 6.07) is 8.65. The summed E-state index contributed by atoms with van der Waals surface area (Å²) < 4.78 is 0. The van der Waals surface area contributed by atoms with Gasteiger partial charge in [0.05, 0.1) is 0 Å². The molecule has 1 aliphatic rings. The molecule has 2 nitrogen and oxygen atoms in total. The minimum Gasteiger partial charge on any atom is -0.374 e. The highest BCUT2D eigenvalue weighted by Crippen LogP contribution is 2.30. The average molecular weight is 246 g/mol. The Bertz CT molecular complexity index is 367. The topological polar surface area (TPSA) is 29.3 Å². The molecule has 1 fully saturated rings. The maximum atomic E-state index is 5.75. The highest BCUT2D eigenvalue weighted by molar-refractivity contribution is 5.52. The number of hydrogen-bond acceptors (Lipinski definition) is 2. The Balaban J connectivity index is 1.89. The quantitative estimate of drug-likeness (QED) is 0.884. The van der Waals surface area contributed by atoms with Gasteiger partial charge in [-0.05, 0) is 62.6 Å². The van der Waals surface area contributed by atoms with Gasteiger partial charge in [0.25, 0.3) is 0 Å². The van der Waals surface area contributed by atoms with Crippen LogP contribution in [0.15, 0.2) is 24.3 Å². The second kappa shape index (κ2) is 6.24. The number of hydrogen-bond donors (Lipinski definition) is 1. The summed E-state index contributed by atoms with van der Waals surface area (Å²) in [4.78, 5) is 2.42. The van der Waals surface area contributed by atoms with E-state index in [1.165, 1.54) is 43.5 Å². The number of nitrogens with two attached hydrogens (primary N) is 1. The Morgan fingerprint density at radius 2 is 1.72 bits per heavy atom. The molecule has 2 N–H and O–H groups in total. The Morgan fingerprint density at radius 3 is 2.33 bits per heavy atom. The molecule has 0 aliphatic heterocycles. The molecule has 2 rings (SSSR count). The van der Waals surface area contributed by atoms with Gasteiger partial charge < -0.3 is 10.6 Å². The molecule has 0 bridgehead atoms. The average Bonchev–Trinajstić information content (AvgIpc) is 2.40. The van der Waals surface area contributed by atoms with Gasteiger partial charge in [0.15, 0.2) is 0 Å². The van der Waals surface area contributed by atoms with E-state index < -0.39 is 0 Å². The second-order valence-corrected chi connectivity index (χ2v) is 5.79. The smallest absolute Gasteiger partial charge is 0.0393 e. The Labute approximate surface area is 111 Å². The molecular weight excluding hydrogens is 220 g/mol. The number of benzene rings is 1. The first-order valence-electron chi connectivity index (χ1n) is 7.17. The third kappa shape index (κ3) is 3.26. The molecule has 0 unspecified atom stereocenters. The van der Waals surface area contributed by atoms with Crippen LogP contribution in [0.4, 0.5) is 5.69 Å². The molecule has 1 aromatic rings. The molecule has 1 saturated carbocycles. The number of para-hydroxylation sites is 1. The predicted molar refractivity (Wildman–Crippen MR) is 79.0 cm³/mol. The van der Waals surface area contributed by atoms with Crippen LogP contribution >= 0.6 is 0 Å². The highest BCUT2D eigenvalue weighted by Gasteiger charge is 2.21. The highest BCUT2D eigenvalue weighted by atomic mass is 15.1. The van der Waals surface area contributed by atoms with Crippen molar-refractivity contribution in [2.24, 2.45) is 17.6 Å². The van der Waals surface area contributed by atoms with E-state index in [4.69, 9.17) is 5.73 Å². The minimum absolute atomic E-state index is 0.782. The van der Waals surface area contributed by atoms with E-state index in [2.05, 4.69) is 43.1 Å². The molecule has 0 heterocycles. The molecule has 0 atom stereocenters. The first-order valence-corrected chi connectivity index (χ1v) is 7.17. The van der Waals surface area contributed by atoms with Crippen molar-refractivity contribution in [3.8, 4) is 0 Å². The van der Waals surface area contributed by atoms with E-state index in [-0.39, 0.29) is 0 Å². The molecule has 100 valence electrons. The SMILES string of the molecule is Cc1ccccc1N(C)CC1CCC(CN)CC1. The second-order valence-electron chi connectivity index (χ2n) is 5.79. The fourth-order valence-corrected chi connectivity index (χ4v) is 3.13. The van der Waals surface area contributed by atoms with E-state index in [0.717, 1.165) is 18.4 Å². The van der Waals surface area contributed by atoms with Gasteiger partial charge in [0.1, 0.15) is 0 Å². The van der Waals surface area contributed by atoms with Gasteiger partial charge in [-0.1, -0.05) is 18.2 Å². The summed E-state index contributed by atoms with van der Waals surface area (Å²) in [7, 11) is 2.22. The monoisotopic (exact) mass is 246 g/mol. The van der Waals surface area contributed by atoms with Crippen molar-refractivity contribution in [2.45, 2.75) is 32.6 Å². The van der Waals surface area contributed by atoms with Gasteiger partial charge >= 0.3 is 0 Å². The van der Waals surface area contributed by atoms with Crippen molar-refractivity contribution in [2.75, 3.05) is 25.0 Å². The van der Waals surface area contributed by atoms with Crippen LogP contribution in [0.1, 0.15) is 31.2 Å². The molecule has 0 radical (unpaired) electrons. The first kappa shape index (κ1) is 13.4. The molecule has 2 heteroatoms. The lowest BCUT2D eigenvalue weighted by Crippen LogP contribution is -2.30. The van der Waals surface area contributed by atoms with Crippen LogP contribution in [0.25, 0.3) is 0 Å². The summed E-state index contributed by atoms with van der Waals surface area (Å²) in [5.74, 6) is 1.63. The van der Waals surface area contributed by atoms with Gasteiger partial charge in [0.2, 0.25) is 0 Å². The van der Waals surface area contributed by atoms with Crippen molar-refractivity contribution in [1.29, 1.82) is 0 Å². The van der Waals surface area contributed by atoms with E-state index >= 15 is 0 Å². The van der Waals surface area contributed by atoms with Crippen LogP contribution in [0.2, 0.25) is 0 Å². The zero-order valence-corrected chi connectivity index (χ0v) is 11.7. The molecule has 18 heavy (non-hydrogen) atoms. The Kier molecular flexibility index (Phi) is 4.65. The summed E-state index contributed by atoms with van der Waals surface area (Å²) in [6.07, 6.45) is 5.34.